The molecule has 5 nitrogen and oxygen atoms in total. The van der Waals surface area contributed by atoms with E-state index >= 15 is 0 Å². The van der Waals surface area contributed by atoms with Gasteiger partial charge in [-0.15, -0.1) is 0 Å². The smallest absolute Gasteiger partial charge is 0.231 e. The lowest BCUT2D eigenvalue weighted by Crippen LogP contribution is -2.45. The van der Waals surface area contributed by atoms with Crippen molar-refractivity contribution in [1.29, 1.82) is 0 Å². The van der Waals surface area contributed by atoms with E-state index in [0.717, 1.165) is 30.5 Å². The van der Waals surface area contributed by atoms with Gasteiger partial charge >= 0.3 is 0 Å². The Bertz CT molecular complexity index is 852. The fraction of sp³-hybridized carbons (Fsp3) is 0.300. The standard InChI is InChI=1S/C20H21ClN4O/c21-17-8-4-7-16(12-17)18-13-22-9-10-25(18)14-19-23-20(26-24-19)11-15-5-2-1-3-6-15/h1-8,12,18,22H,9-11,13-14H2. The number of nitrogens with one attached hydrogen (secondary N) is 1. The number of halogens is 1. The quantitative estimate of drug-likeness (QED) is 0.747. The summed E-state index contributed by atoms with van der Waals surface area (Å²) < 4.78 is 5.45. The van der Waals surface area contributed by atoms with Crippen LogP contribution in [0.4, 0.5) is 0 Å². The van der Waals surface area contributed by atoms with Crippen molar-refractivity contribution < 1.29 is 4.52 Å². The van der Waals surface area contributed by atoms with Gasteiger partial charge < -0.3 is 9.84 Å². The first-order valence-corrected chi connectivity index (χ1v) is 9.21. The van der Waals surface area contributed by atoms with Crippen molar-refractivity contribution in [1.82, 2.24) is 20.4 Å². The zero-order valence-corrected chi connectivity index (χ0v) is 15.2. The lowest BCUT2D eigenvalue weighted by Gasteiger charge is -2.35. The molecule has 0 saturated carbocycles. The van der Waals surface area contributed by atoms with Gasteiger partial charge in [0, 0.05) is 30.7 Å². The number of hydrogen-bond acceptors (Lipinski definition) is 5. The van der Waals surface area contributed by atoms with Gasteiger partial charge in [-0.3, -0.25) is 4.90 Å². The average Bonchev–Trinajstić information content (AvgIpc) is 3.10. The predicted octanol–water partition coefficient (Wildman–Crippen LogP) is 3.46. The molecule has 1 aromatic heterocycles. The first kappa shape index (κ1) is 17.2. The van der Waals surface area contributed by atoms with Crippen LogP contribution in [0.3, 0.4) is 0 Å². The van der Waals surface area contributed by atoms with Gasteiger partial charge in [0.25, 0.3) is 0 Å². The summed E-state index contributed by atoms with van der Waals surface area (Å²) in [5.41, 5.74) is 2.37. The molecular formula is C20H21ClN4O. The second-order valence-corrected chi connectivity index (χ2v) is 6.95. The molecule has 1 N–H and O–H groups in total. The van der Waals surface area contributed by atoms with Gasteiger partial charge in [0.15, 0.2) is 5.82 Å². The van der Waals surface area contributed by atoms with Crippen molar-refractivity contribution in [2.45, 2.75) is 19.0 Å². The van der Waals surface area contributed by atoms with E-state index in [4.69, 9.17) is 16.1 Å². The Morgan fingerprint density at radius 3 is 2.88 bits per heavy atom. The molecule has 1 aliphatic heterocycles. The number of piperazine rings is 1. The Morgan fingerprint density at radius 1 is 1.15 bits per heavy atom. The molecule has 1 fully saturated rings. The van der Waals surface area contributed by atoms with Crippen molar-refractivity contribution in [2.75, 3.05) is 19.6 Å². The highest BCUT2D eigenvalue weighted by molar-refractivity contribution is 6.30. The SMILES string of the molecule is Clc1cccc(C2CNCCN2Cc2noc(Cc3ccccc3)n2)c1. The zero-order chi connectivity index (χ0) is 17.8. The van der Waals surface area contributed by atoms with Gasteiger partial charge in [0.1, 0.15) is 0 Å². The van der Waals surface area contributed by atoms with E-state index in [9.17, 15) is 0 Å². The largest absolute Gasteiger partial charge is 0.339 e. The minimum atomic E-state index is 0.249. The molecule has 1 unspecified atom stereocenters. The van der Waals surface area contributed by atoms with Gasteiger partial charge in [-0.25, -0.2) is 0 Å². The van der Waals surface area contributed by atoms with Gasteiger partial charge in [-0.05, 0) is 23.3 Å². The Balaban J connectivity index is 1.47. The molecule has 1 aliphatic rings. The lowest BCUT2D eigenvalue weighted by molar-refractivity contribution is 0.148. The van der Waals surface area contributed by atoms with Crippen LogP contribution in [-0.2, 0) is 13.0 Å². The summed E-state index contributed by atoms with van der Waals surface area (Å²) in [5, 5.41) is 8.40. The first-order valence-electron chi connectivity index (χ1n) is 8.83. The molecule has 134 valence electrons. The van der Waals surface area contributed by atoms with E-state index in [1.807, 2.05) is 36.4 Å². The molecule has 3 aromatic rings. The molecule has 2 heterocycles. The minimum absolute atomic E-state index is 0.249. The summed E-state index contributed by atoms with van der Waals surface area (Å²) in [6.07, 6.45) is 0.660. The van der Waals surface area contributed by atoms with Crippen LogP contribution in [0.15, 0.2) is 59.1 Å². The summed E-state index contributed by atoms with van der Waals surface area (Å²) in [7, 11) is 0. The number of benzene rings is 2. The van der Waals surface area contributed by atoms with Crippen LogP contribution < -0.4 is 5.32 Å². The van der Waals surface area contributed by atoms with Gasteiger partial charge in [-0.2, -0.15) is 4.98 Å². The molecule has 0 radical (unpaired) electrons. The Morgan fingerprint density at radius 2 is 2.04 bits per heavy atom. The number of rotatable bonds is 5. The second-order valence-electron chi connectivity index (χ2n) is 6.51. The lowest BCUT2D eigenvalue weighted by atomic mass is 10.0. The van der Waals surface area contributed by atoms with Crippen LogP contribution in [0.1, 0.15) is 28.9 Å². The highest BCUT2D eigenvalue weighted by Crippen LogP contribution is 2.25. The van der Waals surface area contributed by atoms with Crippen molar-refractivity contribution in [2.24, 2.45) is 0 Å². The van der Waals surface area contributed by atoms with Crippen LogP contribution in [0.2, 0.25) is 5.02 Å². The third kappa shape index (κ3) is 4.12. The average molecular weight is 369 g/mol. The topological polar surface area (TPSA) is 54.2 Å². The first-order chi connectivity index (χ1) is 12.8. The molecule has 4 rings (SSSR count). The summed E-state index contributed by atoms with van der Waals surface area (Å²) in [6, 6.07) is 18.5. The van der Waals surface area contributed by atoms with E-state index in [0.29, 0.717) is 18.9 Å². The summed E-state index contributed by atoms with van der Waals surface area (Å²) in [6.45, 7) is 3.43. The van der Waals surface area contributed by atoms with Crippen LogP contribution >= 0.6 is 11.6 Å². The van der Waals surface area contributed by atoms with Crippen LogP contribution in [0.5, 0.6) is 0 Å². The van der Waals surface area contributed by atoms with Crippen molar-refractivity contribution in [3.63, 3.8) is 0 Å². The molecular weight excluding hydrogens is 348 g/mol. The monoisotopic (exact) mass is 368 g/mol. The maximum atomic E-state index is 6.17. The normalized spacial score (nSPS) is 18.1. The molecule has 0 amide bonds. The van der Waals surface area contributed by atoms with Gasteiger partial charge in [0.2, 0.25) is 5.89 Å². The zero-order valence-electron chi connectivity index (χ0n) is 14.4. The molecule has 0 spiro atoms. The summed E-state index contributed by atoms with van der Waals surface area (Å²) in [5.74, 6) is 1.38. The maximum Gasteiger partial charge on any atom is 0.231 e. The maximum absolute atomic E-state index is 6.17. The molecule has 0 aliphatic carbocycles. The molecule has 0 bridgehead atoms. The summed E-state index contributed by atoms with van der Waals surface area (Å²) in [4.78, 5) is 6.95. The Hall–Kier alpha value is -2.21. The number of nitrogens with zero attached hydrogens (tertiary/aromatic N) is 3. The molecule has 1 saturated heterocycles. The third-order valence-electron chi connectivity index (χ3n) is 4.64. The fourth-order valence-corrected chi connectivity index (χ4v) is 3.56. The van der Waals surface area contributed by atoms with E-state index in [-0.39, 0.29) is 6.04 Å². The van der Waals surface area contributed by atoms with Crippen molar-refractivity contribution >= 4 is 11.6 Å². The fourth-order valence-electron chi connectivity index (χ4n) is 3.36. The van der Waals surface area contributed by atoms with Crippen molar-refractivity contribution in [3.8, 4) is 0 Å². The minimum Gasteiger partial charge on any atom is -0.339 e. The predicted molar refractivity (Wildman–Crippen MR) is 101 cm³/mol. The summed E-state index contributed by atoms with van der Waals surface area (Å²) >= 11 is 6.17. The van der Waals surface area contributed by atoms with Crippen molar-refractivity contribution in [3.05, 3.63) is 82.5 Å². The van der Waals surface area contributed by atoms with E-state index < -0.39 is 0 Å². The highest BCUT2D eigenvalue weighted by Gasteiger charge is 2.25. The van der Waals surface area contributed by atoms with Crippen LogP contribution in [-0.4, -0.2) is 34.7 Å². The molecule has 26 heavy (non-hydrogen) atoms. The molecule has 2 aromatic carbocycles. The van der Waals surface area contributed by atoms with Gasteiger partial charge in [-0.1, -0.05) is 59.2 Å². The van der Waals surface area contributed by atoms with Gasteiger partial charge in [0.05, 0.1) is 13.0 Å². The van der Waals surface area contributed by atoms with E-state index in [1.165, 1.54) is 11.1 Å². The van der Waals surface area contributed by atoms with Crippen LogP contribution in [0, 0.1) is 0 Å². The number of aromatic nitrogens is 2. The van der Waals surface area contributed by atoms with Crippen LogP contribution in [0.25, 0.3) is 0 Å². The second kappa shape index (κ2) is 7.99. The third-order valence-corrected chi connectivity index (χ3v) is 4.88. The van der Waals surface area contributed by atoms with E-state index in [2.05, 4.69) is 38.6 Å². The van der Waals surface area contributed by atoms with E-state index in [1.54, 1.807) is 0 Å². The molecule has 6 heteroatoms. The Kier molecular flexibility index (Phi) is 5.29. The Labute approximate surface area is 158 Å². The highest BCUT2D eigenvalue weighted by atomic mass is 35.5. The number of hydrogen-bond donors (Lipinski definition) is 1. The molecule has 1 atom stereocenters.